The fraction of sp³-hybridized carbons (Fsp3) is 0.923. The Balaban J connectivity index is 2.04. The zero-order valence-corrected chi connectivity index (χ0v) is 11.0. The van der Waals surface area contributed by atoms with Crippen LogP contribution in [0, 0.1) is 5.92 Å². The monoisotopic (exact) mass is 226 g/mol. The minimum Gasteiger partial charge on any atom is -0.356 e. The Morgan fingerprint density at radius 3 is 2.44 bits per heavy atom. The number of amides is 1. The molecule has 1 unspecified atom stereocenters. The zero-order chi connectivity index (χ0) is 12.0. The smallest absolute Gasteiger partial charge is 0.222 e. The first-order chi connectivity index (χ1) is 7.61. The van der Waals surface area contributed by atoms with Crippen LogP contribution in [-0.2, 0) is 4.79 Å². The number of likely N-dealkylation sites (tertiary alicyclic amines) is 1. The first-order valence-electron chi connectivity index (χ1n) is 6.63. The van der Waals surface area contributed by atoms with Crippen LogP contribution in [0.25, 0.3) is 0 Å². The molecule has 1 aliphatic heterocycles. The fourth-order valence-corrected chi connectivity index (χ4v) is 2.18. The molecule has 94 valence electrons. The van der Waals surface area contributed by atoms with Crippen LogP contribution < -0.4 is 5.32 Å². The summed E-state index contributed by atoms with van der Waals surface area (Å²) in [6, 6.07) is 0.679. The van der Waals surface area contributed by atoms with E-state index < -0.39 is 0 Å². The van der Waals surface area contributed by atoms with Crippen molar-refractivity contribution < 1.29 is 4.79 Å². The average Bonchev–Trinajstić information content (AvgIpc) is 2.76. The number of carbonyl (C=O) groups excluding carboxylic acids is 1. The molecule has 0 aromatic heterocycles. The van der Waals surface area contributed by atoms with Gasteiger partial charge in [0.1, 0.15) is 0 Å². The second-order valence-corrected chi connectivity index (χ2v) is 5.18. The first-order valence-corrected chi connectivity index (χ1v) is 6.63. The van der Waals surface area contributed by atoms with E-state index in [0.29, 0.717) is 6.04 Å². The SMILES string of the molecule is CC(C)C(=O)NCCCC(C)N1CCCC1. The molecule has 0 bridgehead atoms. The van der Waals surface area contributed by atoms with Crippen LogP contribution in [0.2, 0.25) is 0 Å². The summed E-state index contributed by atoms with van der Waals surface area (Å²) in [6.45, 7) is 9.52. The van der Waals surface area contributed by atoms with Crippen molar-refractivity contribution in [2.24, 2.45) is 5.92 Å². The second kappa shape index (κ2) is 6.89. The van der Waals surface area contributed by atoms with E-state index >= 15 is 0 Å². The Bertz CT molecular complexity index is 210. The lowest BCUT2D eigenvalue weighted by Gasteiger charge is -2.23. The Hall–Kier alpha value is -0.570. The topological polar surface area (TPSA) is 32.3 Å². The van der Waals surface area contributed by atoms with Crippen LogP contribution >= 0.6 is 0 Å². The lowest BCUT2D eigenvalue weighted by Crippen LogP contribution is -2.32. The molecule has 1 fully saturated rings. The molecule has 1 rings (SSSR count). The van der Waals surface area contributed by atoms with Crippen LogP contribution in [0.5, 0.6) is 0 Å². The lowest BCUT2D eigenvalue weighted by atomic mass is 10.1. The Labute approximate surface area is 99.6 Å². The van der Waals surface area contributed by atoms with Crippen molar-refractivity contribution >= 4 is 5.91 Å². The Morgan fingerprint density at radius 1 is 1.25 bits per heavy atom. The fourth-order valence-electron chi connectivity index (χ4n) is 2.18. The van der Waals surface area contributed by atoms with Gasteiger partial charge >= 0.3 is 0 Å². The van der Waals surface area contributed by atoms with E-state index in [-0.39, 0.29) is 11.8 Å². The number of hydrogen-bond donors (Lipinski definition) is 1. The molecule has 1 atom stereocenters. The summed E-state index contributed by atoms with van der Waals surface area (Å²) in [5.41, 5.74) is 0. The molecular formula is C13H26N2O. The highest BCUT2D eigenvalue weighted by Gasteiger charge is 2.17. The highest BCUT2D eigenvalue weighted by Crippen LogP contribution is 2.14. The average molecular weight is 226 g/mol. The predicted octanol–water partition coefficient (Wildman–Crippen LogP) is 2.02. The second-order valence-electron chi connectivity index (χ2n) is 5.18. The minimum absolute atomic E-state index is 0.107. The van der Waals surface area contributed by atoms with Gasteiger partial charge in [0.2, 0.25) is 5.91 Å². The summed E-state index contributed by atoms with van der Waals surface area (Å²) < 4.78 is 0. The third-order valence-electron chi connectivity index (χ3n) is 3.39. The van der Waals surface area contributed by atoms with Crippen molar-refractivity contribution in [3.05, 3.63) is 0 Å². The molecular weight excluding hydrogens is 200 g/mol. The van der Waals surface area contributed by atoms with E-state index in [2.05, 4.69) is 17.1 Å². The van der Waals surface area contributed by atoms with Crippen LogP contribution in [-0.4, -0.2) is 36.5 Å². The third-order valence-corrected chi connectivity index (χ3v) is 3.39. The van der Waals surface area contributed by atoms with Gasteiger partial charge in [-0.05, 0) is 45.7 Å². The van der Waals surface area contributed by atoms with E-state index in [1.165, 1.54) is 32.4 Å². The van der Waals surface area contributed by atoms with Gasteiger partial charge in [-0.25, -0.2) is 0 Å². The molecule has 0 aromatic carbocycles. The van der Waals surface area contributed by atoms with E-state index in [1.54, 1.807) is 0 Å². The molecule has 1 heterocycles. The van der Waals surface area contributed by atoms with E-state index in [4.69, 9.17) is 0 Å². The van der Waals surface area contributed by atoms with Crippen LogP contribution in [0.3, 0.4) is 0 Å². The standard InChI is InChI=1S/C13H26N2O/c1-11(2)13(16)14-8-6-7-12(3)15-9-4-5-10-15/h11-12H,4-10H2,1-3H3,(H,14,16). The third kappa shape index (κ3) is 4.52. The number of nitrogens with zero attached hydrogens (tertiary/aromatic N) is 1. The number of carbonyl (C=O) groups is 1. The van der Waals surface area contributed by atoms with Gasteiger partial charge in [0.05, 0.1) is 0 Å². The van der Waals surface area contributed by atoms with Gasteiger partial charge in [0, 0.05) is 18.5 Å². The normalized spacial score (nSPS) is 19.0. The van der Waals surface area contributed by atoms with Crippen molar-refractivity contribution in [1.82, 2.24) is 10.2 Å². The van der Waals surface area contributed by atoms with Crippen molar-refractivity contribution in [3.8, 4) is 0 Å². The first kappa shape index (κ1) is 13.5. The number of rotatable bonds is 6. The zero-order valence-electron chi connectivity index (χ0n) is 11.0. The van der Waals surface area contributed by atoms with Gasteiger partial charge in [0.15, 0.2) is 0 Å². The summed E-state index contributed by atoms with van der Waals surface area (Å²) in [5.74, 6) is 0.282. The molecule has 1 N–H and O–H groups in total. The molecule has 16 heavy (non-hydrogen) atoms. The van der Waals surface area contributed by atoms with Crippen molar-refractivity contribution in [3.63, 3.8) is 0 Å². The van der Waals surface area contributed by atoms with Crippen molar-refractivity contribution in [1.29, 1.82) is 0 Å². The molecule has 3 heteroatoms. The highest BCUT2D eigenvalue weighted by molar-refractivity contribution is 5.77. The molecule has 1 saturated heterocycles. The minimum atomic E-state index is 0.107. The van der Waals surface area contributed by atoms with Gasteiger partial charge in [0.25, 0.3) is 0 Å². The largest absolute Gasteiger partial charge is 0.356 e. The molecule has 1 aliphatic rings. The summed E-state index contributed by atoms with van der Waals surface area (Å²) in [7, 11) is 0. The lowest BCUT2D eigenvalue weighted by molar-refractivity contribution is -0.123. The van der Waals surface area contributed by atoms with Gasteiger partial charge in [-0.15, -0.1) is 0 Å². The summed E-state index contributed by atoms with van der Waals surface area (Å²) >= 11 is 0. The van der Waals surface area contributed by atoms with E-state index in [9.17, 15) is 4.79 Å². The van der Waals surface area contributed by atoms with Gasteiger partial charge in [-0.3, -0.25) is 4.79 Å². The van der Waals surface area contributed by atoms with Gasteiger partial charge in [-0.2, -0.15) is 0 Å². The van der Waals surface area contributed by atoms with Crippen molar-refractivity contribution in [2.45, 2.75) is 52.5 Å². The predicted molar refractivity (Wildman–Crippen MR) is 67.4 cm³/mol. The van der Waals surface area contributed by atoms with Crippen molar-refractivity contribution in [2.75, 3.05) is 19.6 Å². The maximum Gasteiger partial charge on any atom is 0.222 e. The number of nitrogens with one attached hydrogen (secondary N) is 1. The quantitative estimate of drug-likeness (QED) is 0.703. The molecule has 0 spiro atoms. The molecule has 1 amide bonds. The molecule has 0 aliphatic carbocycles. The summed E-state index contributed by atoms with van der Waals surface area (Å²) in [5, 5.41) is 2.97. The molecule has 0 aromatic rings. The van der Waals surface area contributed by atoms with E-state index in [0.717, 1.165) is 13.0 Å². The van der Waals surface area contributed by atoms with Gasteiger partial charge < -0.3 is 10.2 Å². The van der Waals surface area contributed by atoms with Crippen LogP contribution in [0.15, 0.2) is 0 Å². The maximum atomic E-state index is 11.3. The molecule has 0 saturated carbocycles. The highest BCUT2D eigenvalue weighted by atomic mass is 16.1. The van der Waals surface area contributed by atoms with E-state index in [1.807, 2.05) is 13.8 Å². The van der Waals surface area contributed by atoms with Crippen LogP contribution in [0.4, 0.5) is 0 Å². The van der Waals surface area contributed by atoms with Crippen LogP contribution in [0.1, 0.15) is 46.5 Å². The van der Waals surface area contributed by atoms with Gasteiger partial charge in [-0.1, -0.05) is 13.8 Å². The number of hydrogen-bond acceptors (Lipinski definition) is 2. The molecule has 0 radical (unpaired) electrons. The molecule has 3 nitrogen and oxygen atoms in total. The Morgan fingerprint density at radius 2 is 1.88 bits per heavy atom. The Kier molecular flexibility index (Phi) is 5.81. The maximum absolute atomic E-state index is 11.3. The summed E-state index contributed by atoms with van der Waals surface area (Å²) in [6.07, 6.45) is 5.00. The summed E-state index contributed by atoms with van der Waals surface area (Å²) in [4.78, 5) is 13.9.